The molecule has 1 aromatic heterocycles. The third-order valence-electron chi connectivity index (χ3n) is 2.53. The fourth-order valence-electron chi connectivity index (χ4n) is 1.60. The van der Waals surface area contributed by atoms with E-state index in [0.717, 1.165) is 6.07 Å². The number of hydrogen-bond acceptors (Lipinski definition) is 4. The molecule has 0 saturated carbocycles. The van der Waals surface area contributed by atoms with Crippen molar-refractivity contribution in [3.8, 4) is 0 Å². The van der Waals surface area contributed by atoms with Crippen LogP contribution in [0.2, 0.25) is 0 Å². The van der Waals surface area contributed by atoms with Crippen LogP contribution in [0.5, 0.6) is 0 Å². The first-order valence-corrected chi connectivity index (χ1v) is 5.45. The average molecular weight is 261 g/mol. The van der Waals surface area contributed by atoms with Crippen LogP contribution in [-0.4, -0.2) is 22.2 Å². The first kappa shape index (κ1) is 12.7. The van der Waals surface area contributed by atoms with Gasteiger partial charge in [0.25, 0.3) is 0 Å². The average Bonchev–Trinajstić information content (AvgIpc) is 2.89. The molecule has 0 radical (unpaired) electrons. The molecule has 0 spiro atoms. The third kappa shape index (κ3) is 2.92. The van der Waals surface area contributed by atoms with Crippen LogP contribution in [-0.2, 0) is 6.54 Å². The smallest absolute Gasteiger partial charge is 0.337 e. The first-order chi connectivity index (χ1) is 9.08. The maximum absolute atomic E-state index is 11.1. The Bertz CT molecular complexity index is 604. The van der Waals surface area contributed by atoms with Gasteiger partial charge in [-0.25, -0.2) is 9.59 Å². The van der Waals surface area contributed by atoms with Crippen molar-refractivity contribution in [1.29, 1.82) is 0 Å². The van der Waals surface area contributed by atoms with Crippen LogP contribution in [0.25, 0.3) is 0 Å². The molecule has 0 amide bonds. The molecule has 0 aliphatic rings. The highest BCUT2D eigenvalue weighted by molar-refractivity contribution is 5.98. The summed E-state index contributed by atoms with van der Waals surface area (Å²) in [4.78, 5) is 21.9. The Hall–Kier alpha value is -2.76. The zero-order chi connectivity index (χ0) is 13.8. The van der Waals surface area contributed by atoms with Gasteiger partial charge in [0.1, 0.15) is 5.76 Å². The second-order valence-electron chi connectivity index (χ2n) is 3.80. The number of anilines is 1. The summed E-state index contributed by atoms with van der Waals surface area (Å²) in [5.41, 5.74) is 0.182. The quantitative estimate of drug-likeness (QED) is 0.763. The van der Waals surface area contributed by atoms with Crippen LogP contribution in [0.1, 0.15) is 26.5 Å². The lowest BCUT2D eigenvalue weighted by Gasteiger charge is -2.09. The summed E-state index contributed by atoms with van der Waals surface area (Å²) >= 11 is 0. The molecular formula is C13H11NO5. The number of carbonyl (C=O) groups is 2. The van der Waals surface area contributed by atoms with E-state index in [0.29, 0.717) is 18.0 Å². The van der Waals surface area contributed by atoms with Gasteiger partial charge in [-0.1, -0.05) is 0 Å². The highest BCUT2D eigenvalue weighted by Gasteiger charge is 2.14. The van der Waals surface area contributed by atoms with Gasteiger partial charge < -0.3 is 19.9 Å². The summed E-state index contributed by atoms with van der Waals surface area (Å²) in [7, 11) is 0. The molecule has 2 rings (SSSR count). The summed E-state index contributed by atoms with van der Waals surface area (Å²) in [6, 6.07) is 7.37. The molecule has 0 saturated heterocycles. The van der Waals surface area contributed by atoms with Crippen molar-refractivity contribution in [3.63, 3.8) is 0 Å². The molecule has 2 aromatic rings. The number of rotatable bonds is 5. The van der Waals surface area contributed by atoms with Gasteiger partial charge in [-0.2, -0.15) is 0 Å². The van der Waals surface area contributed by atoms with E-state index < -0.39 is 11.9 Å². The molecule has 3 N–H and O–H groups in total. The van der Waals surface area contributed by atoms with E-state index >= 15 is 0 Å². The standard InChI is InChI=1S/C13H11NO5/c15-12(16)8-3-4-11(10(6-8)13(17)18)14-7-9-2-1-5-19-9/h1-6,14H,7H2,(H,15,16)(H,17,18). The Morgan fingerprint density at radius 2 is 1.95 bits per heavy atom. The van der Waals surface area contributed by atoms with E-state index in [4.69, 9.17) is 14.6 Å². The number of benzene rings is 1. The van der Waals surface area contributed by atoms with Crippen LogP contribution in [0.4, 0.5) is 5.69 Å². The molecule has 98 valence electrons. The van der Waals surface area contributed by atoms with Gasteiger partial charge in [-0.05, 0) is 30.3 Å². The fourth-order valence-corrected chi connectivity index (χ4v) is 1.60. The molecule has 6 heteroatoms. The van der Waals surface area contributed by atoms with E-state index in [1.165, 1.54) is 18.4 Å². The van der Waals surface area contributed by atoms with Crippen molar-refractivity contribution >= 4 is 17.6 Å². The molecule has 0 bridgehead atoms. The Balaban J connectivity index is 2.24. The van der Waals surface area contributed by atoms with Gasteiger partial charge in [0.15, 0.2) is 0 Å². The normalized spacial score (nSPS) is 10.1. The highest BCUT2D eigenvalue weighted by Crippen LogP contribution is 2.19. The molecular weight excluding hydrogens is 250 g/mol. The summed E-state index contributed by atoms with van der Waals surface area (Å²) in [5, 5.41) is 20.8. The maximum Gasteiger partial charge on any atom is 0.337 e. The maximum atomic E-state index is 11.1. The molecule has 0 fully saturated rings. The van der Waals surface area contributed by atoms with E-state index in [-0.39, 0.29) is 11.1 Å². The van der Waals surface area contributed by atoms with Crippen LogP contribution < -0.4 is 5.32 Å². The summed E-state index contributed by atoms with van der Waals surface area (Å²) < 4.78 is 5.11. The van der Waals surface area contributed by atoms with Crippen LogP contribution in [0.15, 0.2) is 41.0 Å². The SMILES string of the molecule is O=C(O)c1ccc(NCc2ccco2)c(C(=O)O)c1. The molecule has 0 aliphatic heterocycles. The third-order valence-corrected chi connectivity index (χ3v) is 2.53. The lowest BCUT2D eigenvalue weighted by molar-refractivity contribution is 0.0696. The van der Waals surface area contributed by atoms with Crippen molar-refractivity contribution in [2.45, 2.75) is 6.54 Å². The Kier molecular flexibility index (Phi) is 3.51. The Morgan fingerprint density at radius 3 is 2.53 bits per heavy atom. The highest BCUT2D eigenvalue weighted by atomic mass is 16.4. The van der Waals surface area contributed by atoms with Crippen molar-refractivity contribution in [2.24, 2.45) is 0 Å². The first-order valence-electron chi connectivity index (χ1n) is 5.45. The minimum absolute atomic E-state index is 0.0686. The summed E-state index contributed by atoms with van der Waals surface area (Å²) in [6.45, 7) is 0.319. The molecule has 0 unspecified atom stereocenters. The van der Waals surface area contributed by atoms with Gasteiger partial charge in [0.05, 0.1) is 23.9 Å². The van der Waals surface area contributed by atoms with E-state index in [1.807, 2.05) is 0 Å². The summed E-state index contributed by atoms with van der Waals surface area (Å²) in [5.74, 6) is -1.70. The summed E-state index contributed by atoms with van der Waals surface area (Å²) in [6.07, 6.45) is 1.52. The number of aromatic carboxylic acids is 2. The van der Waals surface area contributed by atoms with Crippen molar-refractivity contribution in [1.82, 2.24) is 0 Å². The Morgan fingerprint density at radius 1 is 1.16 bits per heavy atom. The zero-order valence-corrected chi connectivity index (χ0v) is 9.79. The minimum Gasteiger partial charge on any atom is -0.478 e. The monoisotopic (exact) mass is 261 g/mol. The van der Waals surface area contributed by atoms with E-state index in [9.17, 15) is 9.59 Å². The number of carboxylic acid groups (broad SMARTS) is 2. The molecule has 19 heavy (non-hydrogen) atoms. The number of nitrogens with one attached hydrogen (secondary N) is 1. The molecule has 1 aromatic carbocycles. The van der Waals surface area contributed by atoms with Crippen LogP contribution in [0.3, 0.4) is 0 Å². The van der Waals surface area contributed by atoms with Crippen molar-refractivity contribution < 1.29 is 24.2 Å². The molecule has 0 aliphatic carbocycles. The molecule has 6 nitrogen and oxygen atoms in total. The van der Waals surface area contributed by atoms with Crippen LogP contribution >= 0.6 is 0 Å². The fraction of sp³-hybridized carbons (Fsp3) is 0.0769. The lowest BCUT2D eigenvalue weighted by Crippen LogP contribution is -2.08. The van der Waals surface area contributed by atoms with Gasteiger partial charge in [-0.15, -0.1) is 0 Å². The Labute approximate surface area is 108 Å². The zero-order valence-electron chi connectivity index (χ0n) is 9.79. The van der Waals surface area contributed by atoms with Gasteiger partial charge in [-0.3, -0.25) is 0 Å². The molecule has 1 heterocycles. The second kappa shape index (κ2) is 5.26. The number of furan rings is 1. The number of carboxylic acids is 2. The van der Waals surface area contributed by atoms with E-state index in [2.05, 4.69) is 5.32 Å². The lowest BCUT2D eigenvalue weighted by atomic mass is 10.1. The van der Waals surface area contributed by atoms with Gasteiger partial charge >= 0.3 is 11.9 Å². The van der Waals surface area contributed by atoms with Gasteiger partial charge in [0, 0.05) is 5.69 Å². The largest absolute Gasteiger partial charge is 0.478 e. The van der Waals surface area contributed by atoms with E-state index in [1.54, 1.807) is 12.1 Å². The van der Waals surface area contributed by atoms with Gasteiger partial charge in [0.2, 0.25) is 0 Å². The molecule has 0 atom stereocenters. The number of hydrogen-bond donors (Lipinski definition) is 3. The second-order valence-corrected chi connectivity index (χ2v) is 3.80. The van der Waals surface area contributed by atoms with Crippen molar-refractivity contribution in [3.05, 3.63) is 53.5 Å². The predicted molar refractivity (Wildman–Crippen MR) is 66.4 cm³/mol. The van der Waals surface area contributed by atoms with Crippen molar-refractivity contribution in [2.75, 3.05) is 5.32 Å². The minimum atomic E-state index is -1.19. The van der Waals surface area contributed by atoms with Crippen LogP contribution in [0, 0.1) is 0 Å². The predicted octanol–water partition coefficient (Wildman–Crippen LogP) is 2.29. The topological polar surface area (TPSA) is 99.8 Å².